The standard InChI is InChI=1S/C22H33ClN4O2/c1-3-24-22(27-13-9-17(10-14-27)21(28)29-2)25-16-20(26-11-4-5-12-26)18-7-6-8-19(23)15-18/h6-8,15,17,20H,3-5,9-14,16H2,1-2H3,(H,24,25). The molecule has 1 aromatic carbocycles. The number of rotatable bonds is 6. The van der Waals surface area contributed by atoms with E-state index in [1.807, 2.05) is 12.1 Å². The van der Waals surface area contributed by atoms with Gasteiger partial charge < -0.3 is 15.0 Å². The number of nitrogens with one attached hydrogen (secondary N) is 1. The first-order valence-corrected chi connectivity index (χ1v) is 11.1. The van der Waals surface area contributed by atoms with Crippen LogP contribution in [0.15, 0.2) is 29.3 Å². The van der Waals surface area contributed by atoms with Gasteiger partial charge in [0.25, 0.3) is 0 Å². The number of carbonyl (C=O) groups is 1. The largest absolute Gasteiger partial charge is 0.469 e. The molecule has 0 spiro atoms. The summed E-state index contributed by atoms with van der Waals surface area (Å²) in [6.07, 6.45) is 4.09. The maximum Gasteiger partial charge on any atom is 0.308 e. The zero-order chi connectivity index (χ0) is 20.6. The van der Waals surface area contributed by atoms with Crippen molar-refractivity contribution in [1.29, 1.82) is 0 Å². The number of esters is 1. The Morgan fingerprint density at radius 1 is 1.28 bits per heavy atom. The summed E-state index contributed by atoms with van der Waals surface area (Å²) < 4.78 is 4.91. The van der Waals surface area contributed by atoms with Crippen molar-refractivity contribution in [3.63, 3.8) is 0 Å². The Hall–Kier alpha value is -1.79. The summed E-state index contributed by atoms with van der Waals surface area (Å²) in [5, 5.41) is 4.21. The number of likely N-dealkylation sites (tertiary alicyclic amines) is 2. The molecule has 3 rings (SSSR count). The number of aliphatic imine (C=N–C) groups is 1. The molecule has 0 amide bonds. The van der Waals surface area contributed by atoms with E-state index < -0.39 is 0 Å². The fourth-order valence-electron chi connectivity index (χ4n) is 4.29. The van der Waals surface area contributed by atoms with Gasteiger partial charge in [0.2, 0.25) is 0 Å². The second kappa shape index (κ2) is 10.8. The average Bonchev–Trinajstić information content (AvgIpc) is 3.27. The highest BCUT2D eigenvalue weighted by molar-refractivity contribution is 6.30. The van der Waals surface area contributed by atoms with Gasteiger partial charge in [0.1, 0.15) is 0 Å². The van der Waals surface area contributed by atoms with Crippen LogP contribution in [0.25, 0.3) is 0 Å². The molecule has 2 fully saturated rings. The van der Waals surface area contributed by atoms with Crippen LogP contribution in [0.1, 0.15) is 44.2 Å². The monoisotopic (exact) mass is 420 g/mol. The first-order chi connectivity index (χ1) is 14.1. The van der Waals surface area contributed by atoms with Crippen molar-refractivity contribution >= 4 is 23.5 Å². The Morgan fingerprint density at radius 3 is 2.62 bits per heavy atom. The van der Waals surface area contributed by atoms with E-state index in [1.54, 1.807) is 0 Å². The Labute approximate surface area is 179 Å². The molecular weight excluding hydrogens is 388 g/mol. The van der Waals surface area contributed by atoms with Gasteiger partial charge in [0.05, 0.1) is 25.6 Å². The minimum absolute atomic E-state index is 0.00272. The number of halogens is 1. The van der Waals surface area contributed by atoms with Gasteiger partial charge in [-0.1, -0.05) is 23.7 Å². The summed E-state index contributed by atoms with van der Waals surface area (Å²) in [4.78, 5) is 21.6. The zero-order valence-corrected chi connectivity index (χ0v) is 18.3. The predicted octanol–water partition coefficient (Wildman–Crippen LogP) is 3.33. The van der Waals surface area contributed by atoms with Crippen molar-refractivity contribution < 1.29 is 9.53 Å². The summed E-state index contributed by atoms with van der Waals surface area (Å²) >= 11 is 6.27. The molecule has 0 radical (unpaired) electrons. The van der Waals surface area contributed by atoms with Gasteiger partial charge in [-0.25, -0.2) is 0 Å². The van der Waals surface area contributed by atoms with Crippen LogP contribution < -0.4 is 5.32 Å². The van der Waals surface area contributed by atoms with E-state index in [2.05, 4.69) is 34.2 Å². The summed E-state index contributed by atoms with van der Waals surface area (Å²) in [6, 6.07) is 8.39. The van der Waals surface area contributed by atoms with Gasteiger partial charge in [-0.05, 0) is 63.4 Å². The van der Waals surface area contributed by atoms with Crippen molar-refractivity contribution in [2.75, 3.05) is 46.4 Å². The summed E-state index contributed by atoms with van der Waals surface area (Å²) in [5.41, 5.74) is 1.23. The predicted molar refractivity (Wildman–Crippen MR) is 117 cm³/mol. The van der Waals surface area contributed by atoms with Gasteiger partial charge in [0.15, 0.2) is 5.96 Å². The second-order valence-corrected chi connectivity index (χ2v) is 8.23. The topological polar surface area (TPSA) is 57.2 Å². The van der Waals surface area contributed by atoms with Crippen LogP contribution >= 0.6 is 11.6 Å². The third-order valence-corrected chi connectivity index (χ3v) is 6.13. The Bertz CT molecular complexity index is 698. The highest BCUT2D eigenvalue weighted by Crippen LogP contribution is 2.27. The van der Waals surface area contributed by atoms with Crippen LogP contribution in [0.3, 0.4) is 0 Å². The summed E-state index contributed by atoms with van der Waals surface area (Å²) in [5.74, 6) is 0.839. The fraction of sp³-hybridized carbons (Fsp3) is 0.636. The number of carbonyl (C=O) groups excluding carboxylic acids is 1. The van der Waals surface area contributed by atoms with Crippen LogP contribution in [0, 0.1) is 5.92 Å². The van der Waals surface area contributed by atoms with Crippen LogP contribution in [0.5, 0.6) is 0 Å². The Balaban J connectivity index is 1.72. The molecule has 1 aromatic rings. The fourth-order valence-corrected chi connectivity index (χ4v) is 4.49. The van der Waals surface area contributed by atoms with Gasteiger partial charge in [-0.3, -0.25) is 14.7 Å². The van der Waals surface area contributed by atoms with Crippen molar-refractivity contribution in [2.45, 2.75) is 38.6 Å². The van der Waals surface area contributed by atoms with Crippen LogP contribution in [0.4, 0.5) is 0 Å². The molecule has 0 saturated carbocycles. The van der Waals surface area contributed by atoms with Crippen molar-refractivity contribution in [2.24, 2.45) is 10.9 Å². The van der Waals surface area contributed by atoms with E-state index >= 15 is 0 Å². The van der Waals surface area contributed by atoms with Crippen molar-refractivity contribution in [3.8, 4) is 0 Å². The van der Waals surface area contributed by atoms with Gasteiger partial charge in [-0.15, -0.1) is 0 Å². The maximum atomic E-state index is 11.8. The first kappa shape index (κ1) is 21.9. The quantitative estimate of drug-likeness (QED) is 0.434. The molecule has 7 heteroatoms. The minimum atomic E-state index is -0.0957. The molecule has 0 aliphatic carbocycles. The highest BCUT2D eigenvalue weighted by atomic mass is 35.5. The van der Waals surface area contributed by atoms with E-state index in [-0.39, 0.29) is 17.9 Å². The molecule has 1 unspecified atom stereocenters. The van der Waals surface area contributed by atoms with Crippen molar-refractivity contribution in [1.82, 2.24) is 15.1 Å². The number of hydrogen-bond donors (Lipinski definition) is 1. The molecule has 2 saturated heterocycles. The molecule has 2 heterocycles. The number of nitrogens with zero attached hydrogens (tertiary/aromatic N) is 3. The van der Waals surface area contributed by atoms with E-state index in [0.29, 0.717) is 6.54 Å². The maximum absolute atomic E-state index is 11.8. The molecule has 1 atom stereocenters. The Morgan fingerprint density at radius 2 is 2.00 bits per heavy atom. The SMILES string of the molecule is CCNC(=NCC(c1cccc(Cl)c1)N1CCCC1)N1CCC(C(=O)OC)CC1. The lowest BCUT2D eigenvalue weighted by molar-refractivity contribution is -0.146. The number of guanidine groups is 1. The van der Waals surface area contributed by atoms with Crippen LogP contribution in [-0.2, 0) is 9.53 Å². The zero-order valence-electron chi connectivity index (χ0n) is 17.6. The number of benzene rings is 1. The van der Waals surface area contributed by atoms with E-state index in [1.165, 1.54) is 25.5 Å². The number of hydrogen-bond acceptors (Lipinski definition) is 4. The van der Waals surface area contributed by atoms with Gasteiger partial charge >= 0.3 is 5.97 Å². The third kappa shape index (κ3) is 5.86. The third-order valence-electron chi connectivity index (χ3n) is 5.89. The summed E-state index contributed by atoms with van der Waals surface area (Å²) in [7, 11) is 1.47. The van der Waals surface area contributed by atoms with E-state index in [9.17, 15) is 4.79 Å². The molecule has 2 aliphatic heterocycles. The van der Waals surface area contributed by atoms with Crippen LogP contribution in [0.2, 0.25) is 5.02 Å². The average molecular weight is 421 g/mol. The smallest absolute Gasteiger partial charge is 0.308 e. The van der Waals surface area contributed by atoms with Crippen molar-refractivity contribution in [3.05, 3.63) is 34.9 Å². The molecule has 160 valence electrons. The number of methoxy groups -OCH3 is 1. The molecular formula is C22H33ClN4O2. The summed E-state index contributed by atoms with van der Waals surface area (Å²) in [6.45, 7) is 7.45. The second-order valence-electron chi connectivity index (χ2n) is 7.79. The lowest BCUT2D eigenvalue weighted by atomic mass is 9.97. The van der Waals surface area contributed by atoms with Crippen LogP contribution in [-0.4, -0.2) is 68.1 Å². The highest BCUT2D eigenvalue weighted by Gasteiger charge is 2.28. The van der Waals surface area contributed by atoms with Gasteiger partial charge in [0, 0.05) is 24.7 Å². The lowest BCUT2D eigenvalue weighted by Gasteiger charge is -2.34. The molecule has 2 aliphatic rings. The number of piperidine rings is 1. The minimum Gasteiger partial charge on any atom is -0.469 e. The normalized spacial score (nSPS) is 20.0. The molecule has 6 nitrogen and oxygen atoms in total. The molecule has 29 heavy (non-hydrogen) atoms. The lowest BCUT2D eigenvalue weighted by Crippen LogP contribution is -2.47. The number of ether oxygens (including phenoxy) is 1. The van der Waals surface area contributed by atoms with Gasteiger partial charge in [-0.2, -0.15) is 0 Å². The Kier molecular flexibility index (Phi) is 8.19. The molecule has 0 bridgehead atoms. The molecule has 0 aromatic heterocycles. The van der Waals surface area contributed by atoms with E-state index in [0.717, 1.165) is 56.5 Å². The van der Waals surface area contributed by atoms with E-state index in [4.69, 9.17) is 21.3 Å². The first-order valence-electron chi connectivity index (χ1n) is 10.7. The molecule has 1 N–H and O–H groups in total.